The Morgan fingerprint density at radius 1 is 1.10 bits per heavy atom. The second kappa shape index (κ2) is 7.68. The number of anilines is 1. The SMILES string of the molecule is COc1ccnc(C(=O)Nc2nc3ccc(Oc4cccnc4C)nc3s2)c1O. The quantitative estimate of drug-likeness (QED) is 0.514. The lowest BCUT2D eigenvalue weighted by Gasteiger charge is -2.06. The molecule has 4 rings (SSSR count). The van der Waals surface area contributed by atoms with E-state index in [2.05, 4.69) is 25.3 Å². The van der Waals surface area contributed by atoms with Crippen LogP contribution < -0.4 is 14.8 Å². The molecule has 0 aliphatic heterocycles. The molecule has 0 aliphatic carbocycles. The topological polar surface area (TPSA) is 119 Å². The van der Waals surface area contributed by atoms with Gasteiger partial charge in [0, 0.05) is 24.5 Å². The van der Waals surface area contributed by atoms with Crippen LogP contribution in [0, 0.1) is 6.92 Å². The molecule has 0 bridgehead atoms. The number of amides is 1. The monoisotopic (exact) mass is 409 g/mol. The summed E-state index contributed by atoms with van der Waals surface area (Å²) in [5.74, 6) is 0.208. The molecule has 0 fully saturated rings. The van der Waals surface area contributed by atoms with Crippen molar-refractivity contribution in [2.24, 2.45) is 0 Å². The standard InChI is InChI=1S/C19H15N5O4S/c1-10-12(4-3-8-20-10)28-14-6-5-11-18(23-14)29-19(22-11)24-17(26)15-16(25)13(27-2)7-9-21-15/h3-9,25H,1-2H3,(H,22,24,26). The van der Waals surface area contributed by atoms with Crippen molar-refractivity contribution < 1.29 is 19.4 Å². The molecule has 0 aliphatic rings. The summed E-state index contributed by atoms with van der Waals surface area (Å²) in [7, 11) is 1.39. The number of aromatic nitrogens is 4. The Morgan fingerprint density at radius 2 is 1.97 bits per heavy atom. The average Bonchev–Trinajstić information content (AvgIpc) is 3.11. The third-order valence-electron chi connectivity index (χ3n) is 3.95. The number of nitrogens with one attached hydrogen (secondary N) is 1. The summed E-state index contributed by atoms with van der Waals surface area (Å²) >= 11 is 1.17. The first-order valence-electron chi connectivity index (χ1n) is 8.45. The predicted molar refractivity (Wildman–Crippen MR) is 107 cm³/mol. The Labute approximate surface area is 169 Å². The number of pyridine rings is 3. The number of carbonyl (C=O) groups is 1. The van der Waals surface area contributed by atoms with E-state index in [1.54, 1.807) is 30.5 Å². The fraction of sp³-hybridized carbons (Fsp3) is 0.105. The van der Waals surface area contributed by atoms with Crippen LogP contribution >= 0.6 is 11.3 Å². The summed E-state index contributed by atoms with van der Waals surface area (Å²) < 4.78 is 10.8. The van der Waals surface area contributed by atoms with E-state index < -0.39 is 5.91 Å². The molecule has 4 aromatic heterocycles. The van der Waals surface area contributed by atoms with Crippen LogP contribution in [0.1, 0.15) is 16.2 Å². The highest BCUT2D eigenvalue weighted by Crippen LogP contribution is 2.31. The number of ether oxygens (including phenoxy) is 2. The van der Waals surface area contributed by atoms with Gasteiger partial charge in [-0.05, 0) is 25.1 Å². The van der Waals surface area contributed by atoms with Crippen molar-refractivity contribution in [2.45, 2.75) is 6.92 Å². The van der Waals surface area contributed by atoms with Gasteiger partial charge < -0.3 is 14.6 Å². The van der Waals surface area contributed by atoms with E-state index in [0.717, 1.165) is 5.69 Å². The number of hydrogen-bond acceptors (Lipinski definition) is 9. The average molecular weight is 409 g/mol. The summed E-state index contributed by atoms with van der Waals surface area (Å²) in [5.41, 5.74) is 1.19. The van der Waals surface area contributed by atoms with Gasteiger partial charge in [0.05, 0.1) is 12.8 Å². The van der Waals surface area contributed by atoms with E-state index in [1.807, 2.05) is 6.92 Å². The molecule has 0 saturated carbocycles. The normalized spacial score (nSPS) is 10.7. The van der Waals surface area contributed by atoms with Gasteiger partial charge >= 0.3 is 0 Å². The number of methoxy groups -OCH3 is 1. The van der Waals surface area contributed by atoms with Crippen molar-refractivity contribution in [1.82, 2.24) is 19.9 Å². The zero-order valence-corrected chi connectivity index (χ0v) is 16.2. The molecule has 0 radical (unpaired) electrons. The highest BCUT2D eigenvalue weighted by atomic mass is 32.1. The number of aryl methyl sites for hydroxylation is 1. The molecule has 0 saturated heterocycles. The zero-order chi connectivity index (χ0) is 20.4. The molecule has 29 heavy (non-hydrogen) atoms. The molecule has 10 heteroatoms. The lowest BCUT2D eigenvalue weighted by Crippen LogP contribution is -2.13. The first kappa shape index (κ1) is 18.6. The van der Waals surface area contributed by atoms with E-state index >= 15 is 0 Å². The lowest BCUT2D eigenvalue weighted by molar-refractivity contribution is 0.101. The van der Waals surface area contributed by atoms with Gasteiger partial charge in [0.15, 0.2) is 28.1 Å². The summed E-state index contributed by atoms with van der Waals surface area (Å²) in [6.07, 6.45) is 3.06. The Morgan fingerprint density at radius 3 is 2.76 bits per heavy atom. The number of nitrogens with zero attached hydrogens (tertiary/aromatic N) is 4. The highest BCUT2D eigenvalue weighted by Gasteiger charge is 2.18. The first-order valence-corrected chi connectivity index (χ1v) is 9.27. The lowest BCUT2D eigenvalue weighted by atomic mass is 10.3. The second-order valence-electron chi connectivity index (χ2n) is 5.85. The van der Waals surface area contributed by atoms with Crippen LogP contribution in [0.4, 0.5) is 5.13 Å². The van der Waals surface area contributed by atoms with Crippen molar-refractivity contribution in [1.29, 1.82) is 0 Å². The third kappa shape index (κ3) is 3.78. The van der Waals surface area contributed by atoms with Gasteiger partial charge in [-0.3, -0.25) is 15.1 Å². The molecule has 0 atom stereocenters. The van der Waals surface area contributed by atoms with E-state index in [4.69, 9.17) is 9.47 Å². The molecule has 4 aromatic rings. The Bertz CT molecular complexity index is 1210. The minimum atomic E-state index is -0.608. The summed E-state index contributed by atoms with van der Waals surface area (Å²) in [5, 5.41) is 13.0. The first-order chi connectivity index (χ1) is 14.0. The number of hydrogen-bond donors (Lipinski definition) is 2. The number of aromatic hydroxyl groups is 1. The van der Waals surface area contributed by atoms with Crippen LogP contribution in [-0.4, -0.2) is 38.1 Å². The molecule has 0 aromatic carbocycles. The molecular weight excluding hydrogens is 394 g/mol. The Balaban J connectivity index is 1.56. The van der Waals surface area contributed by atoms with E-state index in [-0.39, 0.29) is 17.2 Å². The van der Waals surface area contributed by atoms with Gasteiger partial charge in [-0.15, -0.1) is 0 Å². The van der Waals surface area contributed by atoms with Crippen LogP contribution in [0.2, 0.25) is 0 Å². The van der Waals surface area contributed by atoms with Gasteiger partial charge in [-0.25, -0.2) is 15.0 Å². The number of rotatable bonds is 5. The van der Waals surface area contributed by atoms with Gasteiger partial charge in [-0.2, -0.15) is 0 Å². The van der Waals surface area contributed by atoms with Gasteiger partial charge in [-0.1, -0.05) is 11.3 Å². The fourth-order valence-corrected chi connectivity index (χ4v) is 3.35. The summed E-state index contributed by atoms with van der Waals surface area (Å²) in [4.78, 5) is 29.9. The summed E-state index contributed by atoms with van der Waals surface area (Å²) in [6.45, 7) is 1.84. The van der Waals surface area contributed by atoms with Crippen LogP contribution in [-0.2, 0) is 0 Å². The number of fused-ring (bicyclic) bond motifs is 1. The fourth-order valence-electron chi connectivity index (χ4n) is 2.52. The highest BCUT2D eigenvalue weighted by molar-refractivity contribution is 7.22. The molecular formula is C19H15N5O4S. The molecule has 1 amide bonds. The maximum Gasteiger partial charge on any atom is 0.280 e. The van der Waals surface area contributed by atoms with Crippen molar-refractivity contribution in [3.05, 3.63) is 54.1 Å². The van der Waals surface area contributed by atoms with E-state index in [0.29, 0.717) is 27.1 Å². The van der Waals surface area contributed by atoms with Crippen molar-refractivity contribution in [3.8, 4) is 23.1 Å². The summed E-state index contributed by atoms with van der Waals surface area (Å²) in [6, 6.07) is 8.48. The molecule has 0 spiro atoms. The third-order valence-corrected chi connectivity index (χ3v) is 4.83. The smallest absolute Gasteiger partial charge is 0.280 e. The maximum atomic E-state index is 12.5. The van der Waals surface area contributed by atoms with Crippen molar-refractivity contribution in [2.75, 3.05) is 12.4 Å². The molecule has 2 N–H and O–H groups in total. The number of thiazole rings is 1. The Hall–Kier alpha value is -3.79. The van der Waals surface area contributed by atoms with E-state index in [9.17, 15) is 9.90 Å². The largest absolute Gasteiger partial charge is 0.503 e. The maximum absolute atomic E-state index is 12.5. The second-order valence-corrected chi connectivity index (χ2v) is 6.82. The molecule has 4 heterocycles. The van der Waals surface area contributed by atoms with Crippen LogP contribution in [0.15, 0.2) is 42.7 Å². The molecule has 0 unspecified atom stereocenters. The van der Waals surface area contributed by atoms with Crippen molar-refractivity contribution in [3.63, 3.8) is 0 Å². The van der Waals surface area contributed by atoms with Crippen LogP contribution in [0.3, 0.4) is 0 Å². The van der Waals surface area contributed by atoms with Crippen molar-refractivity contribution >= 4 is 32.7 Å². The van der Waals surface area contributed by atoms with Crippen LogP contribution in [0.5, 0.6) is 23.1 Å². The molecule has 9 nitrogen and oxygen atoms in total. The van der Waals surface area contributed by atoms with Gasteiger partial charge in [0.25, 0.3) is 5.91 Å². The Kier molecular flexibility index (Phi) is 4.92. The zero-order valence-electron chi connectivity index (χ0n) is 15.4. The molecule has 146 valence electrons. The van der Waals surface area contributed by atoms with Gasteiger partial charge in [0.1, 0.15) is 10.3 Å². The van der Waals surface area contributed by atoms with Gasteiger partial charge in [0.2, 0.25) is 5.88 Å². The minimum Gasteiger partial charge on any atom is -0.503 e. The minimum absolute atomic E-state index is 0.156. The van der Waals surface area contributed by atoms with Crippen LogP contribution in [0.25, 0.3) is 10.3 Å². The van der Waals surface area contributed by atoms with E-state index in [1.165, 1.54) is 30.7 Å². The predicted octanol–water partition coefficient (Wildman–Crippen LogP) is 3.55. The number of carbonyl (C=O) groups excluding carboxylic acids is 1.